The first kappa shape index (κ1) is 16.8. The van der Waals surface area contributed by atoms with Gasteiger partial charge < -0.3 is 5.11 Å². The first-order valence-electron chi connectivity index (χ1n) is 6.76. The van der Waals surface area contributed by atoms with Crippen LogP contribution in [0.4, 0.5) is 4.39 Å². The number of thiocarbonyl (C=S) groups is 1. The summed E-state index contributed by atoms with van der Waals surface area (Å²) < 4.78 is 14.5. The van der Waals surface area contributed by atoms with E-state index in [4.69, 9.17) is 17.3 Å². The first-order chi connectivity index (χ1) is 11.5. The van der Waals surface area contributed by atoms with Gasteiger partial charge in [-0.1, -0.05) is 42.2 Å². The maximum Gasteiger partial charge on any atom is 0.323 e. The van der Waals surface area contributed by atoms with Crippen LogP contribution in [0, 0.1) is 5.82 Å². The topological polar surface area (TPSA) is 57.6 Å². The average molecular weight is 379 g/mol. The summed E-state index contributed by atoms with van der Waals surface area (Å²) in [4.78, 5) is 25.1. The van der Waals surface area contributed by atoms with E-state index in [1.54, 1.807) is 12.1 Å². The van der Waals surface area contributed by atoms with Crippen LogP contribution >= 0.6 is 35.3 Å². The Kier molecular flexibility index (Phi) is 4.79. The number of nitrogens with zero attached hydrogens (tertiary/aromatic N) is 1. The average Bonchev–Trinajstić information content (AvgIpc) is 3.14. The van der Waals surface area contributed by atoms with Gasteiger partial charge in [-0.05, 0) is 29.2 Å². The second-order valence-corrected chi connectivity index (χ2v) is 7.50. The normalized spacial score (nSPS) is 16.2. The Morgan fingerprint density at radius 2 is 2.17 bits per heavy atom. The monoisotopic (exact) mass is 379 g/mol. The van der Waals surface area contributed by atoms with Crippen LogP contribution in [0.5, 0.6) is 0 Å². The molecule has 0 spiro atoms. The lowest BCUT2D eigenvalue weighted by atomic mass is 10.1. The third-order valence-electron chi connectivity index (χ3n) is 3.26. The fourth-order valence-corrected chi connectivity index (χ4v) is 4.12. The number of aliphatic carboxylic acids is 1. The van der Waals surface area contributed by atoms with Crippen molar-refractivity contribution in [2.45, 2.75) is 0 Å². The molecule has 4 nitrogen and oxygen atoms in total. The first-order valence-corrected chi connectivity index (χ1v) is 8.87. The fraction of sp³-hybridized carbons (Fsp3) is 0.0625. The highest BCUT2D eigenvalue weighted by atomic mass is 32.2. The lowest BCUT2D eigenvalue weighted by molar-refractivity contribution is -0.140. The van der Waals surface area contributed by atoms with Crippen LogP contribution in [0.1, 0.15) is 5.56 Å². The number of carboxylic acids is 1. The Morgan fingerprint density at radius 1 is 1.38 bits per heavy atom. The van der Waals surface area contributed by atoms with Crippen LogP contribution in [0.2, 0.25) is 0 Å². The van der Waals surface area contributed by atoms with Gasteiger partial charge in [-0.25, -0.2) is 4.39 Å². The highest BCUT2D eigenvalue weighted by molar-refractivity contribution is 8.26. The number of carbonyl (C=O) groups excluding carboxylic acids is 1. The summed E-state index contributed by atoms with van der Waals surface area (Å²) in [5.74, 6) is -2.13. The van der Waals surface area contributed by atoms with E-state index in [9.17, 15) is 14.0 Å². The van der Waals surface area contributed by atoms with E-state index in [1.807, 2.05) is 17.5 Å². The van der Waals surface area contributed by atoms with Crippen LogP contribution < -0.4 is 0 Å². The smallest absolute Gasteiger partial charge is 0.323 e. The van der Waals surface area contributed by atoms with Gasteiger partial charge in [0.25, 0.3) is 5.91 Å². The Balaban J connectivity index is 1.88. The summed E-state index contributed by atoms with van der Waals surface area (Å²) in [6, 6.07) is 8.57. The highest BCUT2D eigenvalue weighted by Gasteiger charge is 2.33. The Morgan fingerprint density at radius 3 is 2.79 bits per heavy atom. The molecule has 0 saturated carbocycles. The molecule has 0 atom stereocenters. The Bertz CT molecular complexity index is 861. The van der Waals surface area contributed by atoms with E-state index in [1.165, 1.54) is 23.5 Å². The largest absolute Gasteiger partial charge is 0.480 e. The van der Waals surface area contributed by atoms with E-state index in [0.29, 0.717) is 0 Å². The second-order valence-electron chi connectivity index (χ2n) is 4.88. The molecule has 1 aromatic carbocycles. The van der Waals surface area contributed by atoms with Gasteiger partial charge in [-0.3, -0.25) is 14.5 Å². The molecule has 1 saturated heterocycles. The number of carbonyl (C=O) groups is 2. The van der Waals surface area contributed by atoms with Gasteiger partial charge in [0, 0.05) is 10.4 Å². The summed E-state index contributed by atoms with van der Waals surface area (Å²) in [7, 11) is 0. The molecule has 2 aromatic rings. The number of hydrogen-bond acceptors (Lipinski definition) is 5. The molecular weight excluding hydrogens is 369 g/mol. The molecule has 0 aliphatic carbocycles. The Hall–Kier alpha value is -2.03. The maximum absolute atomic E-state index is 14.3. The lowest BCUT2D eigenvalue weighted by Crippen LogP contribution is -2.33. The summed E-state index contributed by atoms with van der Waals surface area (Å²) in [6.45, 7) is -0.498. The lowest BCUT2D eigenvalue weighted by Gasteiger charge is -2.10. The molecule has 1 fully saturated rings. The van der Waals surface area contributed by atoms with Crippen molar-refractivity contribution in [3.05, 3.63) is 52.0 Å². The number of thioether (sulfide) groups is 1. The van der Waals surface area contributed by atoms with Crippen molar-refractivity contribution in [3.8, 4) is 10.4 Å². The van der Waals surface area contributed by atoms with Crippen molar-refractivity contribution in [2.75, 3.05) is 6.54 Å². The van der Waals surface area contributed by atoms with Gasteiger partial charge >= 0.3 is 5.97 Å². The van der Waals surface area contributed by atoms with Crippen molar-refractivity contribution in [2.24, 2.45) is 0 Å². The number of halogens is 1. The molecule has 1 N–H and O–H groups in total. The van der Waals surface area contributed by atoms with Crippen molar-refractivity contribution in [1.82, 2.24) is 4.90 Å². The van der Waals surface area contributed by atoms with Crippen LogP contribution in [0.25, 0.3) is 16.5 Å². The van der Waals surface area contributed by atoms with E-state index >= 15 is 0 Å². The quantitative estimate of drug-likeness (QED) is 0.646. The number of amides is 1. The molecule has 0 radical (unpaired) electrons. The number of thiophene rings is 1. The zero-order valence-electron chi connectivity index (χ0n) is 12.1. The van der Waals surface area contributed by atoms with Gasteiger partial charge in [0.05, 0.1) is 4.91 Å². The van der Waals surface area contributed by atoms with E-state index in [2.05, 4.69) is 0 Å². The third-order valence-corrected chi connectivity index (χ3v) is 5.56. The van der Waals surface area contributed by atoms with Crippen LogP contribution in [0.3, 0.4) is 0 Å². The SMILES string of the molecule is O=C(O)CN1C(=O)/C(=C\c2ccc(-c3cccs3)cc2F)SC1=S. The van der Waals surface area contributed by atoms with Crippen molar-refractivity contribution >= 4 is 57.6 Å². The van der Waals surface area contributed by atoms with Crippen LogP contribution in [0.15, 0.2) is 40.6 Å². The number of benzene rings is 1. The van der Waals surface area contributed by atoms with Crippen molar-refractivity contribution in [3.63, 3.8) is 0 Å². The molecule has 122 valence electrons. The summed E-state index contributed by atoms with van der Waals surface area (Å²) >= 11 is 7.49. The molecule has 8 heteroatoms. The minimum absolute atomic E-state index is 0.157. The van der Waals surface area contributed by atoms with Gasteiger partial charge in [0.1, 0.15) is 16.7 Å². The molecule has 0 bridgehead atoms. The van der Waals surface area contributed by atoms with Crippen LogP contribution in [-0.2, 0) is 9.59 Å². The fourth-order valence-electron chi connectivity index (χ4n) is 2.15. The molecule has 1 amide bonds. The highest BCUT2D eigenvalue weighted by Crippen LogP contribution is 2.33. The maximum atomic E-state index is 14.3. The standard InChI is InChI=1S/C16H10FNO3S3/c17-11-6-10(12-2-1-5-23-12)4-3-9(11)7-13-15(21)18(8-14(19)20)16(22)24-13/h1-7H,8H2,(H,19,20)/b13-7+. The molecule has 1 aliphatic rings. The van der Waals surface area contributed by atoms with E-state index < -0.39 is 24.2 Å². The number of hydrogen-bond donors (Lipinski definition) is 1. The van der Waals surface area contributed by atoms with Gasteiger partial charge in [-0.2, -0.15) is 0 Å². The van der Waals surface area contributed by atoms with Gasteiger partial charge in [-0.15, -0.1) is 11.3 Å². The molecule has 0 unspecified atom stereocenters. The van der Waals surface area contributed by atoms with Crippen molar-refractivity contribution in [1.29, 1.82) is 0 Å². The second kappa shape index (κ2) is 6.84. The number of rotatable bonds is 4. The molecule has 2 heterocycles. The molecular formula is C16H10FNO3S3. The summed E-state index contributed by atoms with van der Waals surface area (Å²) in [5, 5.41) is 10.7. The molecule has 1 aliphatic heterocycles. The van der Waals surface area contributed by atoms with E-state index in [-0.39, 0.29) is 14.8 Å². The molecule has 24 heavy (non-hydrogen) atoms. The molecule has 3 rings (SSSR count). The predicted octanol–water partition coefficient (Wildman–Crippen LogP) is 3.84. The minimum Gasteiger partial charge on any atom is -0.480 e. The third kappa shape index (κ3) is 3.40. The summed E-state index contributed by atoms with van der Waals surface area (Å²) in [6.07, 6.45) is 1.40. The number of carboxylic acid groups (broad SMARTS) is 1. The van der Waals surface area contributed by atoms with Crippen molar-refractivity contribution < 1.29 is 19.1 Å². The van der Waals surface area contributed by atoms with Crippen LogP contribution in [-0.4, -0.2) is 32.7 Å². The predicted molar refractivity (Wildman–Crippen MR) is 97.2 cm³/mol. The minimum atomic E-state index is -1.15. The van der Waals surface area contributed by atoms with Gasteiger partial charge in [0.2, 0.25) is 0 Å². The zero-order valence-corrected chi connectivity index (χ0v) is 14.5. The summed E-state index contributed by atoms with van der Waals surface area (Å²) in [5.41, 5.74) is 1.02. The Labute approximate surface area is 150 Å². The molecule has 1 aromatic heterocycles. The van der Waals surface area contributed by atoms with E-state index in [0.717, 1.165) is 27.1 Å². The van der Waals surface area contributed by atoms with Gasteiger partial charge in [0.15, 0.2) is 0 Å². The zero-order chi connectivity index (χ0) is 17.3.